The van der Waals surface area contributed by atoms with Gasteiger partial charge >= 0.3 is 0 Å². The van der Waals surface area contributed by atoms with Crippen molar-refractivity contribution in [3.8, 4) is 0 Å². The number of nitrogens with zero attached hydrogens (tertiary/aromatic N) is 2. The maximum atomic E-state index is 6.04. The average Bonchev–Trinajstić information content (AvgIpc) is 2.30. The molecule has 0 aliphatic heterocycles. The number of rotatable bonds is 3. The van der Waals surface area contributed by atoms with E-state index in [0.717, 1.165) is 10.6 Å². The third kappa shape index (κ3) is 3.75. The lowest BCUT2D eigenvalue weighted by atomic mass is 10.3. The minimum atomic E-state index is 0.397. The van der Waals surface area contributed by atoms with Crippen molar-refractivity contribution in [1.29, 1.82) is 0 Å². The van der Waals surface area contributed by atoms with E-state index in [1.807, 2.05) is 6.07 Å². The summed E-state index contributed by atoms with van der Waals surface area (Å²) in [7, 11) is 0. The molecule has 0 unspecified atom stereocenters. The molecule has 2 aromatic rings. The van der Waals surface area contributed by atoms with Crippen LogP contribution in [0.25, 0.3) is 0 Å². The van der Waals surface area contributed by atoms with Crippen molar-refractivity contribution in [2.75, 3.05) is 0 Å². The van der Waals surface area contributed by atoms with E-state index in [9.17, 15) is 0 Å². The number of hydrogen-bond donors (Lipinski definition) is 0. The van der Waals surface area contributed by atoms with Crippen LogP contribution < -0.4 is 0 Å². The van der Waals surface area contributed by atoms with Crippen LogP contribution in [-0.2, 0) is 5.75 Å². The van der Waals surface area contributed by atoms with Crippen molar-refractivity contribution < 1.29 is 0 Å². The lowest BCUT2D eigenvalue weighted by molar-refractivity contribution is 1.13. The first kappa shape index (κ1) is 13.0. The fourth-order valence-corrected chi connectivity index (χ4v) is 2.59. The van der Waals surface area contributed by atoms with E-state index in [2.05, 4.69) is 9.97 Å². The molecule has 2 aromatic heterocycles. The summed E-state index contributed by atoms with van der Waals surface area (Å²) in [6.45, 7) is 0. The van der Waals surface area contributed by atoms with Gasteiger partial charge < -0.3 is 0 Å². The SMILES string of the molecule is Clc1ccc(SCc2cnc(Cl)cc2Cl)nc1. The van der Waals surface area contributed by atoms with Gasteiger partial charge in [-0.2, -0.15) is 0 Å². The molecule has 0 fully saturated rings. The first-order valence-electron chi connectivity index (χ1n) is 4.69. The second-order valence-electron chi connectivity index (χ2n) is 3.20. The van der Waals surface area contributed by atoms with E-state index < -0.39 is 0 Å². The molecular weight excluding hydrogens is 299 g/mol. The molecule has 0 atom stereocenters. The van der Waals surface area contributed by atoms with Crippen molar-refractivity contribution in [1.82, 2.24) is 9.97 Å². The summed E-state index contributed by atoms with van der Waals surface area (Å²) in [5, 5.41) is 2.53. The lowest BCUT2D eigenvalue weighted by Crippen LogP contribution is -1.87. The largest absolute Gasteiger partial charge is 0.248 e. The molecule has 0 aliphatic carbocycles. The Kier molecular flexibility index (Phi) is 4.51. The Balaban J connectivity index is 2.04. The third-order valence-electron chi connectivity index (χ3n) is 1.97. The van der Waals surface area contributed by atoms with E-state index in [0.29, 0.717) is 21.0 Å². The van der Waals surface area contributed by atoms with Crippen molar-refractivity contribution in [2.45, 2.75) is 10.8 Å². The fraction of sp³-hybridized carbons (Fsp3) is 0.0909. The smallest absolute Gasteiger partial charge is 0.130 e. The van der Waals surface area contributed by atoms with Crippen LogP contribution >= 0.6 is 46.6 Å². The van der Waals surface area contributed by atoms with Crippen LogP contribution in [-0.4, -0.2) is 9.97 Å². The number of hydrogen-bond acceptors (Lipinski definition) is 3. The maximum absolute atomic E-state index is 6.04. The van der Waals surface area contributed by atoms with Gasteiger partial charge in [0, 0.05) is 23.2 Å². The Labute approximate surface area is 118 Å². The maximum Gasteiger partial charge on any atom is 0.130 e. The predicted octanol–water partition coefficient (Wildman–Crippen LogP) is 4.73. The van der Waals surface area contributed by atoms with Crippen molar-refractivity contribution in [3.05, 3.63) is 51.4 Å². The van der Waals surface area contributed by atoms with Crippen molar-refractivity contribution >= 4 is 46.6 Å². The van der Waals surface area contributed by atoms with Gasteiger partial charge in [-0.1, -0.05) is 34.8 Å². The summed E-state index contributed by atoms with van der Waals surface area (Å²) in [4.78, 5) is 8.17. The minimum Gasteiger partial charge on any atom is -0.248 e. The van der Waals surface area contributed by atoms with Crippen LogP contribution in [0.15, 0.2) is 35.6 Å². The van der Waals surface area contributed by atoms with E-state index in [1.165, 1.54) is 0 Å². The van der Waals surface area contributed by atoms with Gasteiger partial charge in [-0.3, -0.25) is 0 Å². The third-order valence-corrected chi connectivity index (χ3v) is 3.75. The van der Waals surface area contributed by atoms with Gasteiger partial charge in [-0.05, 0) is 23.8 Å². The molecule has 0 aliphatic rings. The van der Waals surface area contributed by atoms with Crippen LogP contribution in [0.3, 0.4) is 0 Å². The highest BCUT2D eigenvalue weighted by molar-refractivity contribution is 7.98. The Hall–Kier alpha value is -0.480. The molecule has 2 heterocycles. The second kappa shape index (κ2) is 5.91. The zero-order valence-corrected chi connectivity index (χ0v) is 11.6. The van der Waals surface area contributed by atoms with Gasteiger partial charge in [0.25, 0.3) is 0 Å². The van der Waals surface area contributed by atoms with E-state index in [1.54, 1.807) is 36.3 Å². The van der Waals surface area contributed by atoms with Gasteiger partial charge in [0.15, 0.2) is 0 Å². The first-order valence-corrected chi connectivity index (χ1v) is 6.81. The van der Waals surface area contributed by atoms with Crippen LogP contribution in [0.2, 0.25) is 15.2 Å². The van der Waals surface area contributed by atoms with Crippen LogP contribution in [0.1, 0.15) is 5.56 Å². The molecule has 0 radical (unpaired) electrons. The molecule has 0 saturated carbocycles. The monoisotopic (exact) mass is 304 g/mol. The Morgan fingerprint density at radius 2 is 1.88 bits per heavy atom. The van der Waals surface area contributed by atoms with E-state index in [4.69, 9.17) is 34.8 Å². The number of thioether (sulfide) groups is 1. The molecule has 2 rings (SSSR count). The molecule has 88 valence electrons. The topological polar surface area (TPSA) is 25.8 Å². The summed E-state index contributed by atoms with van der Waals surface area (Å²) in [6, 6.07) is 5.30. The van der Waals surface area contributed by atoms with Crippen LogP contribution in [0.5, 0.6) is 0 Å². The molecule has 0 aromatic carbocycles. The van der Waals surface area contributed by atoms with E-state index in [-0.39, 0.29) is 0 Å². The zero-order valence-electron chi connectivity index (χ0n) is 8.53. The van der Waals surface area contributed by atoms with Gasteiger partial charge in [-0.15, -0.1) is 11.8 Å². The summed E-state index contributed by atoms with van der Waals surface area (Å²) < 4.78 is 0. The predicted molar refractivity (Wildman–Crippen MR) is 73.1 cm³/mol. The van der Waals surface area contributed by atoms with Gasteiger partial charge in [-0.25, -0.2) is 9.97 Å². The lowest BCUT2D eigenvalue weighted by Gasteiger charge is -2.03. The van der Waals surface area contributed by atoms with Crippen molar-refractivity contribution in [2.24, 2.45) is 0 Å². The van der Waals surface area contributed by atoms with Gasteiger partial charge in [0.1, 0.15) is 5.15 Å². The molecule has 0 spiro atoms. The number of pyridine rings is 2. The highest BCUT2D eigenvalue weighted by Gasteiger charge is 2.04. The first-order chi connectivity index (χ1) is 8.15. The van der Waals surface area contributed by atoms with Gasteiger partial charge in [0.2, 0.25) is 0 Å². The standard InChI is InChI=1S/C11H7Cl3N2S/c12-8-1-2-11(16-5-8)17-6-7-4-15-10(14)3-9(7)13/h1-5H,6H2. The highest BCUT2D eigenvalue weighted by atomic mass is 35.5. The Morgan fingerprint density at radius 1 is 1.06 bits per heavy atom. The molecule has 2 nitrogen and oxygen atoms in total. The summed E-state index contributed by atoms with van der Waals surface area (Å²) in [5.74, 6) is 0.692. The number of aromatic nitrogens is 2. The molecule has 0 saturated heterocycles. The van der Waals surface area contributed by atoms with Gasteiger partial charge in [0.05, 0.1) is 10.0 Å². The zero-order chi connectivity index (χ0) is 12.3. The second-order valence-corrected chi connectivity index (χ2v) is 5.43. The summed E-state index contributed by atoms with van der Waals surface area (Å²) in [5.41, 5.74) is 0.929. The average molecular weight is 306 g/mol. The minimum absolute atomic E-state index is 0.397. The normalized spacial score (nSPS) is 10.5. The molecule has 17 heavy (non-hydrogen) atoms. The molecule has 0 N–H and O–H groups in total. The Morgan fingerprint density at radius 3 is 2.53 bits per heavy atom. The molecule has 0 amide bonds. The quantitative estimate of drug-likeness (QED) is 0.605. The molecule has 6 heteroatoms. The molecular formula is C11H7Cl3N2S. The highest BCUT2D eigenvalue weighted by Crippen LogP contribution is 2.26. The van der Waals surface area contributed by atoms with Crippen LogP contribution in [0, 0.1) is 0 Å². The fourth-order valence-electron chi connectivity index (χ4n) is 1.14. The molecule has 0 bridgehead atoms. The van der Waals surface area contributed by atoms with E-state index >= 15 is 0 Å². The Bertz CT molecular complexity index is 517. The van der Waals surface area contributed by atoms with Crippen molar-refractivity contribution in [3.63, 3.8) is 0 Å². The number of halogens is 3. The summed E-state index contributed by atoms with van der Waals surface area (Å²) >= 11 is 19.1. The summed E-state index contributed by atoms with van der Waals surface area (Å²) in [6.07, 6.45) is 3.29. The van der Waals surface area contributed by atoms with Crippen LogP contribution in [0.4, 0.5) is 0 Å².